The number of hydrogen-bond donors (Lipinski definition) is 2. The highest BCUT2D eigenvalue weighted by Crippen LogP contribution is 2.17. The lowest BCUT2D eigenvalue weighted by molar-refractivity contribution is 0.309. The Hall–Kier alpha value is -0.450. The van der Waals surface area contributed by atoms with Gasteiger partial charge in [0.25, 0.3) is 0 Å². The molecule has 1 aromatic heterocycles. The van der Waals surface area contributed by atoms with Gasteiger partial charge >= 0.3 is 0 Å². The van der Waals surface area contributed by atoms with Gasteiger partial charge in [0.1, 0.15) is 0 Å². The largest absolute Gasteiger partial charge is 0.326 e. The zero-order valence-corrected chi connectivity index (χ0v) is 10.8. The molecule has 3 nitrogen and oxygen atoms in total. The quantitative estimate of drug-likeness (QED) is 0.826. The lowest BCUT2D eigenvalue weighted by Gasteiger charge is -2.27. The Bertz CT molecular complexity index is 301. The topological polar surface area (TPSA) is 50.9 Å². The van der Waals surface area contributed by atoms with Crippen molar-refractivity contribution in [1.29, 1.82) is 0 Å². The third-order valence-electron chi connectivity index (χ3n) is 2.61. The van der Waals surface area contributed by atoms with Crippen LogP contribution in [0.3, 0.4) is 0 Å². The predicted molar refractivity (Wildman–Crippen MR) is 66.0 cm³/mol. The summed E-state index contributed by atoms with van der Waals surface area (Å²) in [5, 5.41) is 3.38. The number of aromatic nitrogens is 1. The first kappa shape index (κ1) is 12.6. The normalized spacial score (nSPS) is 14.2. The SMILES string of the molecule is Cc1ncsc1CNCC(N)C(C)(C)C. The fraction of sp³-hybridized carbons (Fsp3) is 0.727. The van der Waals surface area contributed by atoms with Gasteiger partial charge in [-0.1, -0.05) is 20.8 Å². The number of thiazole rings is 1. The van der Waals surface area contributed by atoms with Gasteiger partial charge in [-0.2, -0.15) is 0 Å². The van der Waals surface area contributed by atoms with E-state index in [1.165, 1.54) is 4.88 Å². The van der Waals surface area contributed by atoms with E-state index in [2.05, 4.69) is 31.1 Å². The molecule has 4 heteroatoms. The molecule has 1 atom stereocenters. The van der Waals surface area contributed by atoms with Crippen LogP contribution in [0.25, 0.3) is 0 Å². The van der Waals surface area contributed by atoms with E-state index in [-0.39, 0.29) is 11.5 Å². The molecule has 0 aliphatic carbocycles. The summed E-state index contributed by atoms with van der Waals surface area (Å²) in [6, 6.07) is 0.186. The van der Waals surface area contributed by atoms with Crippen molar-refractivity contribution in [2.45, 2.75) is 40.3 Å². The Morgan fingerprint density at radius 2 is 2.20 bits per heavy atom. The molecule has 0 aliphatic heterocycles. The van der Waals surface area contributed by atoms with Gasteiger partial charge in [0.05, 0.1) is 11.2 Å². The van der Waals surface area contributed by atoms with Gasteiger partial charge in [-0.15, -0.1) is 11.3 Å². The van der Waals surface area contributed by atoms with Gasteiger partial charge in [-0.3, -0.25) is 0 Å². The Morgan fingerprint density at radius 1 is 1.53 bits per heavy atom. The van der Waals surface area contributed by atoms with E-state index in [1.807, 2.05) is 12.4 Å². The number of hydrogen-bond acceptors (Lipinski definition) is 4. The number of nitrogens with two attached hydrogens (primary N) is 1. The Kier molecular flexibility index (Phi) is 4.25. The summed E-state index contributed by atoms with van der Waals surface area (Å²) in [6.07, 6.45) is 0. The van der Waals surface area contributed by atoms with Crippen molar-refractivity contribution >= 4 is 11.3 Å². The first-order valence-electron chi connectivity index (χ1n) is 5.26. The standard InChI is InChI=1S/C11H21N3S/c1-8-9(15-7-14-8)5-13-6-10(12)11(2,3)4/h7,10,13H,5-6,12H2,1-4H3. The zero-order chi connectivity index (χ0) is 11.5. The third kappa shape index (κ3) is 3.89. The molecule has 1 heterocycles. The molecule has 0 aromatic carbocycles. The fourth-order valence-corrected chi connectivity index (χ4v) is 1.89. The summed E-state index contributed by atoms with van der Waals surface area (Å²) >= 11 is 1.69. The Balaban J connectivity index is 2.31. The van der Waals surface area contributed by atoms with Crippen molar-refractivity contribution in [2.24, 2.45) is 11.1 Å². The second-order valence-corrected chi connectivity index (χ2v) is 5.90. The first-order chi connectivity index (χ1) is 6.91. The number of rotatable bonds is 4. The van der Waals surface area contributed by atoms with E-state index in [0.717, 1.165) is 18.8 Å². The van der Waals surface area contributed by atoms with Gasteiger partial charge in [0.15, 0.2) is 0 Å². The predicted octanol–water partition coefficient (Wildman–Crippen LogP) is 1.91. The van der Waals surface area contributed by atoms with E-state index in [4.69, 9.17) is 5.73 Å². The number of aryl methyl sites for hydroxylation is 1. The average Bonchev–Trinajstić information content (AvgIpc) is 2.50. The van der Waals surface area contributed by atoms with Crippen molar-refractivity contribution in [3.05, 3.63) is 16.1 Å². The van der Waals surface area contributed by atoms with E-state index < -0.39 is 0 Å². The highest BCUT2D eigenvalue weighted by molar-refractivity contribution is 7.09. The van der Waals surface area contributed by atoms with Crippen LogP contribution < -0.4 is 11.1 Å². The van der Waals surface area contributed by atoms with Crippen LogP contribution in [0.5, 0.6) is 0 Å². The van der Waals surface area contributed by atoms with Crippen LogP contribution in [-0.2, 0) is 6.54 Å². The van der Waals surface area contributed by atoms with Crippen LogP contribution in [0.2, 0.25) is 0 Å². The van der Waals surface area contributed by atoms with Crippen LogP contribution in [0.4, 0.5) is 0 Å². The van der Waals surface area contributed by atoms with E-state index in [0.29, 0.717) is 0 Å². The average molecular weight is 227 g/mol. The monoisotopic (exact) mass is 227 g/mol. The third-order valence-corrected chi connectivity index (χ3v) is 3.54. The molecule has 1 aromatic rings. The minimum Gasteiger partial charge on any atom is -0.326 e. The zero-order valence-electron chi connectivity index (χ0n) is 10.0. The summed E-state index contributed by atoms with van der Waals surface area (Å²) < 4.78 is 0. The highest BCUT2D eigenvalue weighted by Gasteiger charge is 2.19. The Morgan fingerprint density at radius 3 is 2.67 bits per heavy atom. The maximum Gasteiger partial charge on any atom is 0.0798 e. The summed E-state index contributed by atoms with van der Waals surface area (Å²) in [4.78, 5) is 5.51. The van der Waals surface area contributed by atoms with Gasteiger partial charge < -0.3 is 11.1 Å². The maximum absolute atomic E-state index is 6.05. The molecule has 0 spiro atoms. The van der Waals surface area contributed by atoms with Crippen molar-refractivity contribution < 1.29 is 0 Å². The second kappa shape index (κ2) is 5.05. The summed E-state index contributed by atoms with van der Waals surface area (Å²) in [5.41, 5.74) is 9.22. The van der Waals surface area contributed by atoms with Crippen LogP contribution in [-0.4, -0.2) is 17.6 Å². The summed E-state index contributed by atoms with van der Waals surface area (Å²) in [6.45, 7) is 10.3. The van der Waals surface area contributed by atoms with Gasteiger partial charge in [0.2, 0.25) is 0 Å². The summed E-state index contributed by atoms with van der Waals surface area (Å²) in [7, 11) is 0. The highest BCUT2D eigenvalue weighted by atomic mass is 32.1. The van der Waals surface area contributed by atoms with Crippen molar-refractivity contribution in [1.82, 2.24) is 10.3 Å². The smallest absolute Gasteiger partial charge is 0.0798 e. The molecular formula is C11H21N3S. The maximum atomic E-state index is 6.05. The fourth-order valence-electron chi connectivity index (χ4n) is 1.14. The van der Waals surface area contributed by atoms with Gasteiger partial charge in [-0.25, -0.2) is 4.98 Å². The molecule has 0 aliphatic rings. The lowest BCUT2D eigenvalue weighted by atomic mass is 9.87. The van der Waals surface area contributed by atoms with Crippen LogP contribution in [0, 0.1) is 12.3 Å². The molecule has 0 amide bonds. The number of nitrogens with zero attached hydrogens (tertiary/aromatic N) is 1. The lowest BCUT2D eigenvalue weighted by Crippen LogP contribution is -2.43. The summed E-state index contributed by atoms with van der Waals surface area (Å²) in [5.74, 6) is 0. The minimum absolute atomic E-state index is 0.162. The van der Waals surface area contributed by atoms with Gasteiger partial charge in [-0.05, 0) is 12.3 Å². The van der Waals surface area contributed by atoms with E-state index in [1.54, 1.807) is 11.3 Å². The molecule has 1 unspecified atom stereocenters. The molecule has 0 saturated carbocycles. The molecule has 3 N–H and O–H groups in total. The Labute approximate surface area is 96.1 Å². The van der Waals surface area contributed by atoms with E-state index >= 15 is 0 Å². The second-order valence-electron chi connectivity index (χ2n) is 4.96. The van der Waals surface area contributed by atoms with Crippen LogP contribution >= 0.6 is 11.3 Å². The molecule has 0 radical (unpaired) electrons. The molecule has 0 saturated heterocycles. The molecule has 86 valence electrons. The van der Waals surface area contributed by atoms with Crippen molar-refractivity contribution in [3.8, 4) is 0 Å². The number of nitrogens with one attached hydrogen (secondary N) is 1. The van der Waals surface area contributed by atoms with Crippen LogP contribution in [0.15, 0.2) is 5.51 Å². The minimum atomic E-state index is 0.162. The first-order valence-corrected chi connectivity index (χ1v) is 6.14. The van der Waals surface area contributed by atoms with Gasteiger partial charge in [0, 0.05) is 24.0 Å². The van der Waals surface area contributed by atoms with E-state index in [9.17, 15) is 0 Å². The molecular weight excluding hydrogens is 206 g/mol. The molecule has 0 fully saturated rings. The van der Waals surface area contributed by atoms with Crippen LogP contribution in [0.1, 0.15) is 31.3 Å². The molecule has 0 bridgehead atoms. The van der Waals surface area contributed by atoms with Crippen molar-refractivity contribution in [2.75, 3.05) is 6.54 Å². The van der Waals surface area contributed by atoms with Crippen molar-refractivity contribution in [3.63, 3.8) is 0 Å². The molecule has 15 heavy (non-hydrogen) atoms. The molecule has 1 rings (SSSR count).